The van der Waals surface area contributed by atoms with Crippen LogP contribution >= 0.6 is 35.7 Å². The first-order valence-corrected chi connectivity index (χ1v) is 11.2. The summed E-state index contributed by atoms with van der Waals surface area (Å²) in [6, 6.07) is 6.84. The summed E-state index contributed by atoms with van der Waals surface area (Å²) in [5.41, 5.74) is 0.966. The van der Waals surface area contributed by atoms with Crippen LogP contribution in [0.15, 0.2) is 34.2 Å². The second-order valence-corrected chi connectivity index (χ2v) is 8.86. The molecule has 0 radical (unpaired) electrons. The summed E-state index contributed by atoms with van der Waals surface area (Å²) in [6.07, 6.45) is 2.07. The zero-order valence-electron chi connectivity index (χ0n) is 16.2. The number of thioether (sulfide) groups is 1. The molecule has 0 bridgehead atoms. The van der Waals surface area contributed by atoms with E-state index in [4.69, 9.17) is 0 Å². The van der Waals surface area contributed by atoms with Gasteiger partial charge < -0.3 is 10.6 Å². The Bertz CT molecular complexity index is 649. The van der Waals surface area contributed by atoms with Crippen molar-refractivity contribution in [1.29, 1.82) is 0 Å². The average Bonchev–Trinajstić information content (AvgIpc) is 2.59. The van der Waals surface area contributed by atoms with E-state index in [2.05, 4.69) is 21.9 Å². The molecule has 150 valence electrons. The molecule has 1 rings (SSSR count). The van der Waals surface area contributed by atoms with Crippen LogP contribution in [0.5, 0.6) is 0 Å². The third kappa shape index (κ3) is 8.01. The Hall–Kier alpha value is -0.520. The Kier molecular flexibility index (Phi) is 12.5. The molecule has 0 aliphatic rings. The van der Waals surface area contributed by atoms with Crippen LogP contribution in [0.3, 0.4) is 0 Å². The minimum atomic E-state index is -3.44. The predicted molar refractivity (Wildman–Crippen MR) is 123 cm³/mol. The van der Waals surface area contributed by atoms with Crippen LogP contribution < -0.4 is 10.6 Å². The Morgan fingerprint density at radius 3 is 2.35 bits per heavy atom. The van der Waals surface area contributed by atoms with Gasteiger partial charge in [0.15, 0.2) is 5.96 Å². The van der Waals surface area contributed by atoms with Crippen LogP contribution in [0.25, 0.3) is 0 Å². The standard InChI is InChI=1S/C17H30N4O2S2.HI/c1-6-18-17(19-11-12-24-5)20-13-15-7-9-16(10-8-15)25(22,23)21(4)14(2)3;/h7-10,14H,6,11-13H2,1-5H3,(H2,18,19,20);1H. The molecule has 9 heteroatoms. The van der Waals surface area contributed by atoms with Gasteiger partial charge in [-0.05, 0) is 44.7 Å². The summed E-state index contributed by atoms with van der Waals surface area (Å²) in [5, 5.41) is 6.47. The Morgan fingerprint density at radius 2 is 1.85 bits per heavy atom. The summed E-state index contributed by atoms with van der Waals surface area (Å²) in [7, 11) is -1.84. The highest BCUT2D eigenvalue weighted by molar-refractivity contribution is 14.0. The van der Waals surface area contributed by atoms with E-state index >= 15 is 0 Å². The van der Waals surface area contributed by atoms with Gasteiger partial charge in [-0.15, -0.1) is 24.0 Å². The molecule has 6 nitrogen and oxygen atoms in total. The van der Waals surface area contributed by atoms with Crippen LogP contribution in [-0.2, 0) is 16.6 Å². The van der Waals surface area contributed by atoms with Crippen molar-refractivity contribution in [3.8, 4) is 0 Å². The lowest BCUT2D eigenvalue weighted by atomic mass is 10.2. The molecule has 0 heterocycles. The van der Waals surface area contributed by atoms with Gasteiger partial charge in [0.1, 0.15) is 0 Å². The lowest BCUT2D eigenvalue weighted by Crippen LogP contribution is -2.38. The monoisotopic (exact) mass is 514 g/mol. The van der Waals surface area contributed by atoms with Gasteiger partial charge >= 0.3 is 0 Å². The van der Waals surface area contributed by atoms with Crippen molar-refractivity contribution in [2.75, 3.05) is 32.1 Å². The third-order valence-corrected chi connectivity index (χ3v) is 6.35. The van der Waals surface area contributed by atoms with E-state index in [-0.39, 0.29) is 30.0 Å². The fourth-order valence-corrected chi connectivity index (χ4v) is 3.67. The topological polar surface area (TPSA) is 73.8 Å². The maximum absolute atomic E-state index is 12.5. The molecule has 0 amide bonds. The largest absolute Gasteiger partial charge is 0.357 e. The zero-order chi connectivity index (χ0) is 18.9. The highest BCUT2D eigenvalue weighted by Crippen LogP contribution is 2.17. The Morgan fingerprint density at radius 1 is 1.23 bits per heavy atom. The quantitative estimate of drug-likeness (QED) is 0.230. The van der Waals surface area contributed by atoms with Crippen LogP contribution in [0, 0.1) is 0 Å². The molecule has 0 aliphatic carbocycles. The van der Waals surface area contributed by atoms with E-state index in [1.807, 2.05) is 32.9 Å². The normalized spacial score (nSPS) is 12.2. The number of rotatable bonds is 9. The summed E-state index contributed by atoms with van der Waals surface area (Å²) in [5.74, 6) is 1.79. The van der Waals surface area contributed by atoms with E-state index in [9.17, 15) is 8.42 Å². The SMILES string of the molecule is CCNC(=NCc1ccc(S(=O)(=O)N(C)C(C)C)cc1)NCCSC.I. The Labute approximate surface area is 179 Å². The highest BCUT2D eigenvalue weighted by Gasteiger charge is 2.22. The molecule has 0 fully saturated rings. The van der Waals surface area contributed by atoms with Crippen molar-refractivity contribution in [3.63, 3.8) is 0 Å². The van der Waals surface area contributed by atoms with Crippen molar-refractivity contribution in [2.45, 2.75) is 38.3 Å². The minimum absolute atomic E-state index is 0. The second kappa shape index (κ2) is 12.8. The van der Waals surface area contributed by atoms with Crippen LogP contribution in [0.2, 0.25) is 0 Å². The van der Waals surface area contributed by atoms with Gasteiger partial charge in [0.25, 0.3) is 0 Å². The minimum Gasteiger partial charge on any atom is -0.357 e. The van der Waals surface area contributed by atoms with Crippen molar-refractivity contribution in [3.05, 3.63) is 29.8 Å². The van der Waals surface area contributed by atoms with Gasteiger partial charge in [-0.1, -0.05) is 12.1 Å². The van der Waals surface area contributed by atoms with Gasteiger partial charge in [-0.25, -0.2) is 13.4 Å². The molecule has 1 aromatic rings. The molecule has 0 unspecified atom stereocenters. The van der Waals surface area contributed by atoms with Gasteiger partial charge in [0.2, 0.25) is 10.0 Å². The average molecular weight is 514 g/mol. The van der Waals surface area contributed by atoms with Gasteiger partial charge in [0.05, 0.1) is 11.4 Å². The highest BCUT2D eigenvalue weighted by atomic mass is 127. The maximum Gasteiger partial charge on any atom is 0.243 e. The predicted octanol–water partition coefficient (Wildman–Crippen LogP) is 2.75. The molecule has 26 heavy (non-hydrogen) atoms. The first-order chi connectivity index (χ1) is 11.8. The van der Waals surface area contributed by atoms with Crippen LogP contribution in [-0.4, -0.2) is 56.9 Å². The summed E-state index contributed by atoms with van der Waals surface area (Å²) in [4.78, 5) is 4.84. The number of nitrogens with one attached hydrogen (secondary N) is 2. The first kappa shape index (κ1) is 25.5. The van der Waals surface area contributed by atoms with Gasteiger partial charge in [-0.2, -0.15) is 16.1 Å². The smallest absolute Gasteiger partial charge is 0.243 e. The maximum atomic E-state index is 12.5. The molecule has 0 atom stereocenters. The lowest BCUT2D eigenvalue weighted by molar-refractivity contribution is 0.410. The third-order valence-electron chi connectivity index (χ3n) is 3.69. The number of guanidine groups is 1. The van der Waals surface area contributed by atoms with Crippen molar-refractivity contribution in [2.24, 2.45) is 4.99 Å². The lowest BCUT2D eigenvalue weighted by Gasteiger charge is -2.21. The van der Waals surface area contributed by atoms with E-state index < -0.39 is 10.0 Å². The molecular weight excluding hydrogens is 483 g/mol. The van der Waals surface area contributed by atoms with E-state index in [1.165, 1.54) is 4.31 Å². The Balaban J connectivity index is 0.00000625. The van der Waals surface area contributed by atoms with Crippen molar-refractivity contribution >= 4 is 51.7 Å². The number of sulfonamides is 1. The number of hydrogen-bond acceptors (Lipinski definition) is 4. The molecule has 0 saturated carbocycles. The number of nitrogens with zero attached hydrogens (tertiary/aromatic N) is 2. The van der Waals surface area contributed by atoms with E-state index in [1.54, 1.807) is 30.9 Å². The van der Waals surface area contributed by atoms with E-state index in [0.717, 1.165) is 30.4 Å². The van der Waals surface area contributed by atoms with Gasteiger partial charge in [0, 0.05) is 31.9 Å². The van der Waals surface area contributed by atoms with Crippen LogP contribution in [0.4, 0.5) is 0 Å². The van der Waals surface area contributed by atoms with Crippen molar-refractivity contribution in [1.82, 2.24) is 14.9 Å². The summed E-state index contributed by atoms with van der Waals surface area (Å²) in [6.45, 7) is 7.88. The molecule has 0 aromatic heterocycles. The number of halogens is 1. The summed E-state index contributed by atoms with van der Waals surface area (Å²) < 4.78 is 26.3. The molecule has 1 aromatic carbocycles. The molecular formula is C17H31IN4O2S2. The fourth-order valence-electron chi connectivity index (χ4n) is 1.99. The molecule has 0 spiro atoms. The zero-order valence-corrected chi connectivity index (χ0v) is 20.1. The first-order valence-electron chi connectivity index (χ1n) is 8.41. The molecule has 0 aliphatic heterocycles. The van der Waals surface area contributed by atoms with E-state index in [0.29, 0.717) is 11.4 Å². The number of benzene rings is 1. The van der Waals surface area contributed by atoms with Crippen molar-refractivity contribution < 1.29 is 8.42 Å². The molecule has 0 saturated heterocycles. The number of hydrogen-bond donors (Lipinski definition) is 2. The molecule has 2 N–H and O–H groups in total. The van der Waals surface area contributed by atoms with Gasteiger partial charge in [-0.3, -0.25) is 0 Å². The second-order valence-electron chi connectivity index (χ2n) is 5.87. The van der Waals surface area contributed by atoms with Crippen LogP contribution in [0.1, 0.15) is 26.3 Å². The number of aliphatic imine (C=N–C) groups is 1. The summed E-state index contributed by atoms with van der Waals surface area (Å²) >= 11 is 1.78. The fraction of sp³-hybridized carbons (Fsp3) is 0.588.